The van der Waals surface area contributed by atoms with Crippen LogP contribution in [-0.2, 0) is 6.42 Å². The maximum atomic E-state index is 4.67. The first kappa shape index (κ1) is 14.0. The van der Waals surface area contributed by atoms with Crippen molar-refractivity contribution in [1.82, 2.24) is 15.3 Å². The summed E-state index contributed by atoms with van der Waals surface area (Å²) in [7, 11) is 0. The molecule has 1 aromatic carbocycles. The summed E-state index contributed by atoms with van der Waals surface area (Å²) in [5.41, 5.74) is 4.47. The first-order valence-electron chi connectivity index (χ1n) is 7.67. The number of aromatic nitrogens is 2. The topological polar surface area (TPSA) is 49.8 Å². The van der Waals surface area contributed by atoms with Crippen molar-refractivity contribution in [2.75, 3.05) is 18.4 Å². The van der Waals surface area contributed by atoms with Gasteiger partial charge < -0.3 is 10.6 Å². The highest BCUT2D eigenvalue weighted by Gasteiger charge is 2.15. The van der Waals surface area contributed by atoms with Crippen LogP contribution in [-0.4, -0.2) is 29.1 Å². The fraction of sp³-hybridized carbons (Fsp3) is 0.412. The molecule has 2 heterocycles. The van der Waals surface area contributed by atoms with Gasteiger partial charge >= 0.3 is 0 Å². The van der Waals surface area contributed by atoms with Crippen LogP contribution in [0.25, 0.3) is 11.3 Å². The number of hydrogen-bond acceptors (Lipinski definition) is 4. The van der Waals surface area contributed by atoms with Crippen LogP contribution in [0.15, 0.2) is 30.3 Å². The van der Waals surface area contributed by atoms with Crippen molar-refractivity contribution < 1.29 is 0 Å². The number of hydrogen-bond donors (Lipinski definition) is 2. The lowest BCUT2D eigenvalue weighted by Crippen LogP contribution is -2.23. The summed E-state index contributed by atoms with van der Waals surface area (Å²) >= 11 is 0. The number of rotatable bonds is 4. The maximum Gasteiger partial charge on any atom is 0.223 e. The Balaban J connectivity index is 1.85. The van der Waals surface area contributed by atoms with Crippen molar-refractivity contribution in [2.45, 2.75) is 32.7 Å². The molecule has 0 amide bonds. The van der Waals surface area contributed by atoms with Gasteiger partial charge in [-0.3, -0.25) is 0 Å². The summed E-state index contributed by atoms with van der Waals surface area (Å²) in [5, 5.41) is 6.78. The van der Waals surface area contributed by atoms with Gasteiger partial charge in [0, 0.05) is 23.8 Å². The predicted octanol–water partition coefficient (Wildman–Crippen LogP) is 2.79. The molecule has 1 atom stereocenters. The summed E-state index contributed by atoms with van der Waals surface area (Å²) in [6.07, 6.45) is 2.18. The van der Waals surface area contributed by atoms with E-state index in [4.69, 9.17) is 0 Å². The van der Waals surface area contributed by atoms with Crippen LogP contribution in [0.3, 0.4) is 0 Å². The van der Waals surface area contributed by atoms with E-state index < -0.39 is 0 Å². The zero-order valence-corrected chi connectivity index (χ0v) is 12.7. The van der Waals surface area contributed by atoms with Gasteiger partial charge in [-0.2, -0.15) is 0 Å². The van der Waals surface area contributed by atoms with Gasteiger partial charge in [0.2, 0.25) is 5.95 Å². The summed E-state index contributed by atoms with van der Waals surface area (Å²) < 4.78 is 0. The predicted molar refractivity (Wildman–Crippen MR) is 86.5 cm³/mol. The monoisotopic (exact) mass is 282 g/mol. The second-order valence-electron chi connectivity index (χ2n) is 5.60. The molecule has 4 nitrogen and oxygen atoms in total. The van der Waals surface area contributed by atoms with Crippen LogP contribution < -0.4 is 10.6 Å². The van der Waals surface area contributed by atoms with E-state index in [1.165, 1.54) is 5.56 Å². The van der Waals surface area contributed by atoms with Crippen LogP contribution in [0.5, 0.6) is 0 Å². The Bertz CT molecular complexity index is 601. The standard InChI is InChI=1S/C17H22N4/c1-3-13-4-6-14(7-5-13)16-10-12(2)19-17(21-16)20-15-8-9-18-11-15/h4-7,10,15,18H,3,8-9,11H2,1-2H3,(H,19,20,21). The van der Waals surface area contributed by atoms with Crippen LogP contribution >= 0.6 is 0 Å². The van der Waals surface area contributed by atoms with Gasteiger partial charge in [-0.1, -0.05) is 31.2 Å². The number of anilines is 1. The highest BCUT2D eigenvalue weighted by molar-refractivity contribution is 5.61. The molecule has 0 radical (unpaired) electrons. The molecule has 2 aromatic rings. The summed E-state index contributed by atoms with van der Waals surface area (Å²) in [4.78, 5) is 9.18. The second kappa shape index (κ2) is 6.22. The van der Waals surface area contributed by atoms with Gasteiger partial charge in [-0.25, -0.2) is 9.97 Å². The minimum absolute atomic E-state index is 0.433. The molecule has 0 bridgehead atoms. The molecule has 110 valence electrons. The first-order chi connectivity index (χ1) is 10.2. The number of benzene rings is 1. The molecule has 4 heteroatoms. The summed E-state index contributed by atoms with van der Waals surface area (Å²) in [6.45, 7) is 6.23. The lowest BCUT2D eigenvalue weighted by Gasteiger charge is -2.13. The van der Waals surface area contributed by atoms with E-state index >= 15 is 0 Å². The van der Waals surface area contributed by atoms with Gasteiger partial charge in [0.15, 0.2) is 0 Å². The third-order valence-electron chi connectivity index (χ3n) is 3.91. The Hall–Kier alpha value is -1.94. The van der Waals surface area contributed by atoms with E-state index in [0.29, 0.717) is 6.04 Å². The number of aryl methyl sites for hydroxylation is 2. The highest BCUT2D eigenvalue weighted by Crippen LogP contribution is 2.20. The Labute approximate surface area is 126 Å². The lowest BCUT2D eigenvalue weighted by atomic mass is 10.1. The minimum Gasteiger partial charge on any atom is -0.350 e. The van der Waals surface area contributed by atoms with Crippen molar-refractivity contribution >= 4 is 5.95 Å². The van der Waals surface area contributed by atoms with Gasteiger partial charge in [-0.05, 0) is 37.9 Å². The van der Waals surface area contributed by atoms with E-state index in [-0.39, 0.29) is 0 Å². The average molecular weight is 282 g/mol. The third-order valence-corrected chi connectivity index (χ3v) is 3.91. The van der Waals surface area contributed by atoms with Crippen molar-refractivity contribution in [3.8, 4) is 11.3 Å². The largest absolute Gasteiger partial charge is 0.350 e. The zero-order chi connectivity index (χ0) is 14.7. The molecule has 3 rings (SSSR count). The molecule has 0 spiro atoms. The molecular formula is C17H22N4. The molecule has 1 unspecified atom stereocenters. The molecule has 1 aliphatic heterocycles. The SMILES string of the molecule is CCc1ccc(-c2cc(C)nc(NC3CCNC3)n2)cc1. The first-order valence-corrected chi connectivity index (χ1v) is 7.67. The van der Waals surface area contributed by atoms with E-state index in [1.54, 1.807) is 0 Å². The fourth-order valence-electron chi connectivity index (χ4n) is 2.65. The average Bonchev–Trinajstić information content (AvgIpc) is 2.99. The molecular weight excluding hydrogens is 260 g/mol. The molecule has 1 aliphatic rings. The lowest BCUT2D eigenvalue weighted by molar-refractivity contribution is 0.779. The second-order valence-corrected chi connectivity index (χ2v) is 5.60. The van der Waals surface area contributed by atoms with Gasteiger partial charge in [-0.15, -0.1) is 0 Å². The molecule has 21 heavy (non-hydrogen) atoms. The Morgan fingerprint density at radius 1 is 1.24 bits per heavy atom. The van der Waals surface area contributed by atoms with Crippen LogP contribution in [0.1, 0.15) is 24.6 Å². The molecule has 0 aliphatic carbocycles. The molecule has 1 aromatic heterocycles. The fourth-order valence-corrected chi connectivity index (χ4v) is 2.65. The van der Waals surface area contributed by atoms with E-state index in [1.807, 2.05) is 13.0 Å². The van der Waals surface area contributed by atoms with Gasteiger partial charge in [0.1, 0.15) is 0 Å². The van der Waals surface area contributed by atoms with E-state index in [2.05, 4.69) is 51.8 Å². The van der Waals surface area contributed by atoms with Crippen molar-refractivity contribution in [1.29, 1.82) is 0 Å². The van der Waals surface area contributed by atoms with Crippen molar-refractivity contribution in [3.63, 3.8) is 0 Å². The van der Waals surface area contributed by atoms with Crippen LogP contribution in [0.4, 0.5) is 5.95 Å². The zero-order valence-electron chi connectivity index (χ0n) is 12.7. The number of nitrogens with zero attached hydrogens (tertiary/aromatic N) is 2. The normalized spacial score (nSPS) is 17.9. The third kappa shape index (κ3) is 3.39. The Morgan fingerprint density at radius 2 is 2.05 bits per heavy atom. The molecule has 2 N–H and O–H groups in total. The van der Waals surface area contributed by atoms with Crippen molar-refractivity contribution in [2.24, 2.45) is 0 Å². The van der Waals surface area contributed by atoms with Crippen LogP contribution in [0, 0.1) is 6.92 Å². The van der Waals surface area contributed by atoms with Gasteiger partial charge in [0.25, 0.3) is 0 Å². The molecule has 1 saturated heterocycles. The Kier molecular flexibility index (Phi) is 4.15. The quantitative estimate of drug-likeness (QED) is 0.905. The summed E-state index contributed by atoms with van der Waals surface area (Å²) in [5.74, 6) is 0.735. The van der Waals surface area contributed by atoms with Gasteiger partial charge in [0.05, 0.1) is 5.69 Å². The van der Waals surface area contributed by atoms with E-state index in [0.717, 1.165) is 48.8 Å². The Morgan fingerprint density at radius 3 is 2.71 bits per heavy atom. The highest BCUT2D eigenvalue weighted by atomic mass is 15.1. The number of nitrogens with one attached hydrogen (secondary N) is 2. The minimum atomic E-state index is 0.433. The van der Waals surface area contributed by atoms with Crippen molar-refractivity contribution in [3.05, 3.63) is 41.6 Å². The van der Waals surface area contributed by atoms with E-state index in [9.17, 15) is 0 Å². The smallest absolute Gasteiger partial charge is 0.223 e. The molecule has 0 saturated carbocycles. The maximum absolute atomic E-state index is 4.67. The van der Waals surface area contributed by atoms with Crippen LogP contribution in [0.2, 0.25) is 0 Å². The molecule has 1 fully saturated rings. The summed E-state index contributed by atoms with van der Waals surface area (Å²) in [6, 6.07) is 11.1.